The van der Waals surface area contributed by atoms with Crippen LogP contribution in [0.3, 0.4) is 0 Å². The average Bonchev–Trinajstić information content (AvgIpc) is 3.24. The third kappa shape index (κ3) is 3.18. The number of nitrogens with one attached hydrogen (secondary N) is 3. The molecule has 128 valence electrons. The standard InChI is InChI=1S/C15H19N5O3S/c1-23-15(2-4-17-5-3-15)13(22)20-14-19-11(8-24-14)9-6-10(12(16)21)18-7-9/h6-8,17-18H,2-5H2,1H3,(H2,16,21)(H,19,20,22). The van der Waals surface area contributed by atoms with E-state index in [1.165, 1.54) is 11.3 Å². The lowest BCUT2D eigenvalue weighted by molar-refractivity contribution is -0.140. The van der Waals surface area contributed by atoms with Crippen LogP contribution < -0.4 is 16.4 Å². The van der Waals surface area contributed by atoms with Crippen molar-refractivity contribution in [2.45, 2.75) is 18.4 Å². The number of methoxy groups -OCH3 is 1. The Hall–Kier alpha value is -2.23. The number of nitrogens with zero attached hydrogens (tertiary/aromatic N) is 1. The van der Waals surface area contributed by atoms with Crippen LogP contribution in [0.1, 0.15) is 23.3 Å². The summed E-state index contributed by atoms with van der Waals surface area (Å²) in [5.74, 6) is -0.711. The minimum absolute atomic E-state index is 0.181. The van der Waals surface area contributed by atoms with E-state index >= 15 is 0 Å². The van der Waals surface area contributed by atoms with Gasteiger partial charge in [-0.05, 0) is 32.0 Å². The highest BCUT2D eigenvalue weighted by molar-refractivity contribution is 7.14. The largest absolute Gasteiger partial charge is 0.368 e. The van der Waals surface area contributed by atoms with Gasteiger partial charge in [0.1, 0.15) is 11.3 Å². The number of anilines is 1. The molecule has 24 heavy (non-hydrogen) atoms. The predicted molar refractivity (Wildman–Crippen MR) is 90.9 cm³/mol. The normalized spacial score (nSPS) is 16.7. The lowest BCUT2D eigenvalue weighted by Gasteiger charge is -2.34. The number of thiazole rings is 1. The van der Waals surface area contributed by atoms with E-state index in [0.717, 1.165) is 18.7 Å². The number of hydrogen-bond donors (Lipinski definition) is 4. The molecule has 0 spiro atoms. The Bertz CT molecular complexity index is 748. The number of carbonyl (C=O) groups excluding carboxylic acids is 2. The molecule has 0 unspecified atom stereocenters. The molecule has 2 amide bonds. The predicted octanol–water partition coefficient (Wildman–Crippen LogP) is 0.944. The number of nitrogens with two attached hydrogens (primary N) is 1. The van der Waals surface area contributed by atoms with Crippen LogP contribution in [0.25, 0.3) is 11.3 Å². The number of piperidine rings is 1. The fraction of sp³-hybridized carbons (Fsp3) is 0.400. The second kappa shape index (κ2) is 6.71. The SMILES string of the molecule is COC1(C(=O)Nc2nc(-c3c[nH]c(C(N)=O)c3)cs2)CCNCC1. The number of primary amides is 1. The number of hydrogen-bond acceptors (Lipinski definition) is 6. The van der Waals surface area contributed by atoms with E-state index < -0.39 is 11.5 Å². The molecule has 9 heteroatoms. The molecule has 1 fully saturated rings. The average molecular weight is 349 g/mol. The zero-order valence-electron chi connectivity index (χ0n) is 13.2. The fourth-order valence-electron chi connectivity index (χ4n) is 2.71. The van der Waals surface area contributed by atoms with Gasteiger partial charge in [-0.15, -0.1) is 11.3 Å². The molecule has 3 rings (SSSR count). The van der Waals surface area contributed by atoms with Crippen molar-refractivity contribution in [3.63, 3.8) is 0 Å². The number of H-pyrrole nitrogens is 1. The van der Waals surface area contributed by atoms with E-state index in [-0.39, 0.29) is 5.91 Å². The van der Waals surface area contributed by atoms with Crippen molar-refractivity contribution >= 4 is 28.3 Å². The summed E-state index contributed by atoms with van der Waals surface area (Å²) >= 11 is 1.32. The summed E-state index contributed by atoms with van der Waals surface area (Å²) in [6, 6.07) is 1.63. The minimum atomic E-state index is -0.815. The third-order valence-electron chi connectivity index (χ3n) is 4.18. The smallest absolute Gasteiger partial charge is 0.265 e. The monoisotopic (exact) mass is 349 g/mol. The summed E-state index contributed by atoms with van der Waals surface area (Å²) in [7, 11) is 1.56. The highest BCUT2D eigenvalue weighted by atomic mass is 32.1. The van der Waals surface area contributed by atoms with Gasteiger partial charge in [0.25, 0.3) is 11.8 Å². The van der Waals surface area contributed by atoms with Gasteiger partial charge in [0.05, 0.1) is 5.69 Å². The Morgan fingerprint density at radius 3 is 2.79 bits per heavy atom. The first-order chi connectivity index (χ1) is 11.5. The summed E-state index contributed by atoms with van der Waals surface area (Å²) < 4.78 is 5.50. The highest BCUT2D eigenvalue weighted by Gasteiger charge is 2.40. The maximum absolute atomic E-state index is 12.6. The second-order valence-electron chi connectivity index (χ2n) is 5.61. The molecule has 8 nitrogen and oxygen atoms in total. The van der Waals surface area contributed by atoms with E-state index in [9.17, 15) is 9.59 Å². The van der Waals surface area contributed by atoms with E-state index in [0.29, 0.717) is 29.4 Å². The van der Waals surface area contributed by atoms with Crippen molar-refractivity contribution in [2.24, 2.45) is 5.73 Å². The molecule has 0 saturated carbocycles. The maximum Gasteiger partial charge on any atom is 0.265 e. The van der Waals surface area contributed by atoms with Gasteiger partial charge in [-0.1, -0.05) is 0 Å². The van der Waals surface area contributed by atoms with Crippen LogP contribution in [0.4, 0.5) is 5.13 Å². The van der Waals surface area contributed by atoms with Crippen molar-refractivity contribution < 1.29 is 14.3 Å². The molecule has 5 N–H and O–H groups in total. The number of aromatic amines is 1. The molecule has 2 aromatic heterocycles. The molecule has 0 aromatic carbocycles. The van der Waals surface area contributed by atoms with E-state index in [2.05, 4.69) is 20.6 Å². The van der Waals surface area contributed by atoms with Crippen LogP contribution in [0.5, 0.6) is 0 Å². The Balaban J connectivity index is 1.73. The van der Waals surface area contributed by atoms with Crippen LogP contribution in [0, 0.1) is 0 Å². The number of carbonyl (C=O) groups is 2. The van der Waals surface area contributed by atoms with Crippen molar-refractivity contribution in [2.75, 3.05) is 25.5 Å². The van der Waals surface area contributed by atoms with Crippen LogP contribution in [-0.4, -0.2) is 47.6 Å². The van der Waals surface area contributed by atoms with Crippen LogP contribution in [0.15, 0.2) is 17.6 Å². The number of ether oxygens (including phenoxy) is 1. The van der Waals surface area contributed by atoms with E-state index in [1.807, 2.05) is 5.38 Å². The number of amides is 2. The number of aromatic nitrogens is 2. The zero-order chi connectivity index (χ0) is 17.2. The molecular formula is C15H19N5O3S. The van der Waals surface area contributed by atoms with Gasteiger partial charge in [0.2, 0.25) is 0 Å². The summed E-state index contributed by atoms with van der Waals surface area (Å²) in [5, 5.41) is 8.36. The second-order valence-corrected chi connectivity index (χ2v) is 6.46. The maximum atomic E-state index is 12.6. The quantitative estimate of drug-likeness (QED) is 0.640. The first-order valence-electron chi connectivity index (χ1n) is 7.55. The summed E-state index contributed by atoms with van der Waals surface area (Å²) in [6.45, 7) is 1.48. The Morgan fingerprint density at radius 1 is 1.42 bits per heavy atom. The Kier molecular flexibility index (Phi) is 4.65. The van der Waals surface area contributed by atoms with Gasteiger partial charge < -0.3 is 20.8 Å². The van der Waals surface area contributed by atoms with Crippen molar-refractivity contribution in [3.8, 4) is 11.3 Å². The molecule has 1 saturated heterocycles. The first-order valence-corrected chi connectivity index (χ1v) is 8.43. The van der Waals surface area contributed by atoms with Crippen LogP contribution in [0.2, 0.25) is 0 Å². The lowest BCUT2D eigenvalue weighted by Crippen LogP contribution is -2.51. The molecular weight excluding hydrogens is 330 g/mol. The molecule has 1 aliphatic rings. The van der Waals surface area contributed by atoms with Gasteiger partial charge in [0.15, 0.2) is 5.13 Å². The summed E-state index contributed by atoms with van der Waals surface area (Å²) in [4.78, 5) is 30.9. The molecule has 2 aromatic rings. The van der Waals surface area contributed by atoms with E-state index in [1.54, 1.807) is 19.4 Å². The molecule has 0 radical (unpaired) electrons. The Labute approximate surface area is 142 Å². The van der Waals surface area contributed by atoms with Gasteiger partial charge in [-0.3, -0.25) is 14.9 Å². The van der Waals surface area contributed by atoms with Gasteiger partial charge in [-0.2, -0.15) is 0 Å². The highest BCUT2D eigenvalue weighted by Crippen LogP contribution is 2.28. The molecule has 0 atom stereocenters. The minimum Gasteiger partial charge on any atom is -0.368 e. The van der Waals surface area contributed by atoms with Gasteiger partial charge in [-0.25, -0.2) is 4.98 Å². The topological polar surface area (TPSA) is 122 Å². The van der Waals surface area contributed by atoms with Crippen molar-refractivity contribution in [1.82, 2.24) is 15.3 Å². The number of rotatable bonds is 5. The summed E-state index contributed by atoms with van der Waals surface area (Å²) in [5.41, 5.74) is 6.13. The Morgan fingerprint density at radius 2 is 2.17 bits per heavy atom. The van der Waals surface area contributed by atoms with E-state index in [4.69, 9.17) is 10.5 Å². The first kappa shape index (κ1) is 16.6. The van der Waals surface area contributed by atoms with Crippen LogP contribution >= 0.6 is 11.3 Å². The molecule has 0 aliphatic carbocycles. The fourth-order valence-corrected chi connectivity index (χ4v) is 3.43. The summed E-state index contributed by atoms with van der Waals surface area (Å²) in [6.07, 6.45) is 2.89. The van der Waals surface area contributed by atoms with Gasteiger partial charge >= 0.3 is 0 Å². The molecule has 1 aliphatic heterocycles. The van der Waals surface area contributed by atoms with Crippen LogP contribution in [-0.2, 0) is 9.53 Å². The van der Waals surface area contributed by atoms with Gasteiger partial charge in [0, 0.05) is 24.3 Å². The zero-order valence-corrected chi connectivity index (χ0v) is 14.0. The van der Waals surface area contributed by atoms with Crippen molar-refractivity contribution in [1.29, 1.82) is 0 Å². The van der Waals surface area contributed by atoms with Crippen molar-refractivity contribution in [3.05, 3.63) is 23.3 Å². The molecule has 3 heterocycles. The lowest BCUT2D eigenvalue weighted by atomic mass is 9.91. The molecule has 0 bridgehead atoms. The third-order valence-corrected chi connectivity index (χ3v) is 4.94.